The highest BCUT2D eigenvalue weighted by molar-refractivity contribution is 6.31. The number of rotatable bonds is 8. The van der Waals surface area contributed by atoms with Crippen molar-refractivity contribution in [3.8, 4) is 5.75 Å². The molecule has 0 saturated heterocycles. The molecule has 0 saturated carbocycles. The molecule has 1 amide bonds. The molecule has 3 N–H and O–H groups in total. The van der Waals surface area contributed by atoms with E-state index in [2.05, 4.69) is 12.2 Å². The van der Waals surface area contributed by atoms with Crippen LogP contribution < -0.4 is 15.8 Å². The highest BCUT2D eigenvalue weighted by Crippen LogP contribution is 2.28. The molecule has 1 aromatic carbocycles. The van der Waals surface area contributed by atoms with Crippen molar-refractivity contribution in [1.82, 2.24) is 5.32 Å². The fraction of sp³-hybridized carbons (Fsp3) is 0.562. The minimum atomic E-state index is -0.563. The summed E-state index contributed by atoms with van der Waals surface area (Å²) < 4.78 is 5.77. The van der Waals surface area contributed by atoms with E-state index in [9.17, 15) is 4.79 Å². The quantitative estimate of drug-likeness (QED) is 0.725. The highest BCUT2D eigenvalue weighted by Gasteiger charge is 2.17. The summed E-state index contributed by atoms with van der Waals surface area (Å²) in [5.41, 5.74) is 6.69. The minimum absolute atomic E-state index is 0.0269. The lowest BCUT2D eigenvalue weighted by molar-refractivity contribution is -0.127. The van der Waals surface area contributed by atoms with Crippen molar-refractivity contribution in [3.05, 3.63) is 28.8 Å². The van der Waals surface area contributed by atoms with Crippen LogP contribution in [0.3, 0.4) is 0 Å². The number of ether oxygens (including phenoxy) is 1. The summed E-state index contributed by atoms with van der Waals surface area (Å²) in [7, 11) is 0. The number of hydrogen-bond acceptors (Lipinski definition) is 3. The fourth-order valence-corrected chi connectivity index (χ4v) is 2.19. The van der Waals surface area contributed by atoms with E-state index in [1.165, 1.54) is 0 Å². The molecule has 0 bridgehead atoms. The Kier molecular flexibility index (Phi) is 7.54. The molecular formula is C16H25ClN2O2. The third-order valence-corrected chi connectivity index (χ3v) is 3.46. The first-order valence-corrected chi connectivity index (χ1v) is 7.80. The van der Waals surface area contributed by atoms with Gasteiger partial charge in [0, 0.05) is 23.2 Å². The first-order valence-electron chi connectivity index (χ1n) is 7.43. The second-order valence-corrected chi connectivity index (χ2v) is 5.71. The predicted molar refractivity (Wildman–Crippen MR) is 86.8 cm³/mol. The molecule has 0 aliphatic rings. The molecule has 0 spiro atoms. The van der Waals surface area contributed by atoms with Crippen LogP contribution in [0.5, 0.6) is 5.75 Å². The van der Waals surface area contributed by atoms with Crippen LogP contribution in [0, 0.1) is 0 Å². The van der Waals surface area contributed by atoms with Crippen molar-refractivity contribution in [2.75, 3.05) is 6.54 Å². The Morgan fingerprint density at radius 3 is 2.76 bits per heavy atom. The maximum absolute atomic E-state index is 11.9. The number of benzene rings is 1. The standard InChI is InChI=1S/C16H25ClN2O2/c1-4-5-9-19-16(20)12(3)21-15-8-6-7-14(17)13(15)10-11(2)18/h6-8,11-12H,4-5,9-10,18H2,1-3H3,(H,19,20). The lowest BCUT2D eigenvalue weighted by Crippen LogP contribution is -2.37. The van der Waals surface area contributed by atoms with Crippen molar-refractivity contribution in [3.63, 3.8) is 0 Å². The maximum Gasteiger partial charge on any atom is 0.260 e. The van der Waals surface area contributed by atoms with Crippen LogP contribution >= 0.6 is 11.6 Å². The zero-order valence-electron chi connectivity index (χ0n) is 13.0. The van der Waals surface area contributed by atoms with Crippen molar-refractivity contribution in [2.24, 2.45) is 5.73 Å². The number of nitrogens with one attached hydrogen (secondary N) is 1. The number of nitrogens with two attached hydrogens (primary N) is 1. The normalized spacial score (nSPS) is 13.6. The fourth-order valence-electron chi connectivity index (χ4n) is 1.95. The lowest BCUT2D eigenvalue weighted by atomic mass is 10.1. The molecule has 0 radical (unpaired) electrons. The summed E-state index contributed by atoms with van der Waals surface area (Å²) in [4.78, 5) is 11.9. The summed E-state index contributed by atoms with van der Waals surface area (Å²) in [5.74, 6) is 0.508. The molecule has 0 fully saturated rings. The van der Waals surface area contributed by atoms with Crippen LogP contribution in [-0.2, 0) is 11.2 Å². The summed E-state index contributed by atoms with van der Waals surface area (Å²) in [6, 6.07) is 5.41. The molecule has 0 aromatic heterocycles. The molecule has 0 aliphatic carbocycles. The summed E-state index contributed by atoms with van der Waals surface area (Å²) in [6.45, 7) is 6.40. The molecule has 0 aliphatic heterocycles. The second-order valence-electron chi connectivity index (χ2n) is 5.30. The van der Waals surface area contributed by atoms with Crippen LogP contribution in [0.2, 0.25) is 5.02 Å². The van der Waals surface area contributed by atoms with Gasteiger partial charge in [-0.3, -0.25) is 4.79 Å². The van der Waals surface area contributed by atoms with E-state index in [1.807, 2.05) is 19.1 Å². The van der Waals surface area contributed by atoms with Gasteiger partial charge >= 0.3 is 0 Å². The molecule has 2 unspecified atom stereocenters. The third-order valence-electron chi connectivity index (χ3n) is 3.10. The Bertz CT molecular complexity index is 464. The first kappa shape index (κ1) is 17.8. The van der Waals surface area contributed by atoms with Gasteiger partial charge in [-0.2, -0.15) is 0 Å². The van der Waals surface area contributed by atoms with E-state index in [4.69, 9.17) is 22.1 Å². The van der Waals surface area contributed by atoms with Gasteiger partial charge in [0.15, 0.2) is 6.10 Å². The molecule has 0 heterocycles. The number of unbranched alkanes of at least 4 members (excludes halogenated alkanes) is 1. The van der Waals surface area contributed by atoms with Crippen molar-refractivity contribution in [2.45, 2.75) is 52.2 Å². The van der Waals surface area contributed by atoms with E-state index < -0.39 is 6.10 Å². The van der Waals surface area contributed by atoms with Gasteiger partial charge in [0.1, 0.15) is 5.75 Å². The summed E-state index contributed by atoms with van der Waals surface area (Å²) >= 11 is 6.20. The largest absolute Gasteiger partial charge is 0.481 e. The van der Waals surface area contributed by atoms with Gasteiger partial charge in [0.2, 0.25) is 0 Å². The Morgan fingerprint density at radius 2 is 2.14 bits per heavy atom. The van der Waals surface area contributed by atoms with E-state index in [1.54, 1.807) is 13.0 Å². The lowest BCUT2D eigenvalue weighted by Gasteiger charge is -2.19. The Hall–Kier alpha value is -1.26. The number of halogens is 1. The van der Waals surface area contributed by atoms with Crippen LogP contribution in [0.1, 0.15) is 39.2 Å². The van der Waals surface area contributed by atoms with Crippen LogP contribution in [0.15, 0.2) is 18.2 Å². The van der Waals surface area contributed by atoms with Crippen molar-refractivity contribution >= 4 is 17.5 Å². The SMILES string of the molecule is CCCCNC(=O)C(C)Oc1cccc(Cl)c1CC(C)N. The number of hydrogen-bond donors (Lipinski definition) is 2. The van der Waals surface area contributed by atoms with Gasteiger partial charge in [-0.25, -0.2) is 0 Å². The first-order chi connectivity index (χ1) is 9.95. The maximum atomic E-state index is 11.9. The van der Waals surface area contributed by atoms with Crippen LogP contribution in [-0.4, -0.2) is 24.6 Å². The average molecular weight is 313 g/mol. The summed E-state index contributed by atoms with van der Waals surface area (Å²) in [6.07, 6.45) is 2.06. The monoisotopic (exact) mass is 312 g/mol. The Balaban J connectivity index is 2.73. The Labute approximate surface area is 132 Å². The molecule has 2 atom stereocenters. The van der Waals surface area contributed by atoms with Gasteiger partial charge < -0.3 is 15.8 Å². The van der Waals surface area contributed by atoms with Gasteiger partial charge in [0.05, 0.1) is 0 Å². The zero-order chi connectivity index (χ0) is 15.8. The third kappa shape index (κ3) is 5.94. The number of amides is 1. The van der Waals surface area contributed by atoms with Gasteiger partial charge in [-0.05, 0) is 38.8 Å². The number of carbonyl (C=O) groups is 1. The molecule has 5 heteroatoms. The van der Waals surface area contributed by atoms with Crippen LogP contribution in [0.4, 0.5) is 0 Å². The average Bonchev–Trinajstić information content (AvgIpc) is 2.42. The topological polar surface area (TPSA) is 64.3 Å². The molecule has 4 nitrogen and oxygen atoms in total. The van der Waals surface area contributed by atoms with Crippen molar-refractivity contribution < 1.29 is 9.53 Å². The smallest absolute Gasteiger partial charge is 0.260 e. The van der Waals surface area contributed by atoms with Gasteiger partial charge in [-0.1, -0.05) is 31.0 Å². The number of carbonyl (C=O) groups excluding carboxylic acids is 1. The minimum Gasteiger partial charge on any atom is -0.481 e. The van der Waals surface area contributed by atoms with Gasteiger partial charge in [-0.15, -0.1) is 0 Å². The van der Waals surface area contributed by atoms with Crippen LogP contribution in [0.25, 0.3) is 0 Å². The van der Waals surface area contributed by atoms with Gasteiger partial charge in [0.25, 0.3) is 5.91 Å². The van der Waals surface area contributed by atoms with E-state index in [0.29, 0.717) is 23.7 Å². The van der Waals surface area contributed by atoms with E-state index in [0.717, 1.165) is 18.4 Å². The Morgan fingerprint density at radius 1 is 1.43 bits per heavy atom. The van der Waals surface area contributed by atoms with Crippen molar-refractivity contribution in [1.29, 1.82) is 0 Å². The van der Waals surface area contributed by atoms with E-state index >= 15 is 0 Å². The summed E-state index contributed by atoms with van der Waals surface area (Å²) in [5, 5.41) is 3.47. The molecule has 21 heavy (non-hydrogen) atoms. The molecule has 1 rings (SSSR count). The second kappa shape index (κ2) is 8.90. The molecular weight excluding hydrogens is 288 g/mol. The predicted octanol–water partition coefficient (Wildman–Crippen LogP) is 2.91. The van der Waals surface area contributed by atoms with E-state index in [-0.39, 0.29) is 11.9 Å². The zero-order valence-corrected chi connectivity index (χ0v) is 13.7. The molecule has 118 valence electrons. The highest BCUT2D eigenvalue weighted by atomic mass is 35.5. The molecule has 1 aromatic rings.